The van der Waals surface area contributed by atoms with E-state index in [9.17, 15) is 9.59 Å². The van der Waals surface area contributed by atoms with Crippen LogP contribution in [0.3, 0.4) is 0 Å². The van der Waals surface area contributed by atoms with Gasteiger partial charge in [0.2, 0.25) is 0 Å². The molecule has 0 radical (unpaired) electrons. The van der Waals surface area contributed by atoms with Crippen molar-refractivity contribution in [2.24, 2.45) is 0 Å². The Labute approximate surface area is 188 Å². The number of amides is 2. The SMILES string of the molecule is Cc1cc(OCc2csc(C(=O)N3CCN(C(=O)c4cccs4)CC3)c2)ccc1Cl. The summed E-state index contributed by atoms with van der Waals surface area (Å²) in [7, 11) is 0. The van der Waals surface area contributed by atoms with Crippen LogP contribution in [-0.2, 0) is 6.61 Å². The van der Waals surface area contributed by atoms with Gasteiger partial charge in [-0.1, -0.05) is 17.7 Å². The second-order valence-electron chi connectivity index (χ2n) is 7.08. The van der Waals surface area contributed by atoms with Crippen molar-refractivity contribution in [1.29, 1.82) is 0 Å². The minimum absolute atomic E-state index is 0.0109. The van der Waals surface area contributed by atoms with Gasteiger partial charge in [-0.25, -0.2) is 0 Å². The number of hydrogen-bond acceptors (Lipinski definition) is 5. The van der Waals surface area contributed by atoms with Crippen LogP contribution in [0.15, 0.2) is 47.2 Å². The van der Waals surface area contributed by atoms with Gasteiger partial charge in [-0.05, 0) is 53.6 Å². The van der Waals surface area contributed by atoms with E-state index in [-0.39, 0.29) is 11.8 Å². The Morgan fingerprint density at radius 3 is 2.33 bits per heavy atom. The van der Waals surface area contributed by atoms with Crippen molar-refractivity contribution in [3.8, 4) is 5.75 Å². The van der Waals surface area contributed by atoms with Crippen molar-refractivity contribution in [2.45, 2.75) is 13.5 Å². The van der Waals surface area contributed by atoms with E-state index in [1.165, 1.54) is 22.7 Å². The maximum Gasteiger partial charge on any atom is 0.264 e. The molecular formula is C22H21ClN2O3S2. The van der Waals surface area contributed by atoms with Crippen LogP contribution in [0.5, 0.6) is 5.75 Å². The van der Waals surface area contributed by atoms with Crippen LogP contribution in [-0.4, -0.2) is 47.8 Å². The van der Waals surface area contributed by atoms with Gasteiger partial charge in [0.1, 0.15) is 12.4 Å². The summed E-state index contributed by atoms with van der Waals surface area (Å²) in [4.78, 5) is 30.4. The average Bonchev–Trinajstić information content (AvgIpc) is 3.46. The molecule has 2 amide bonds. The molecule has 1 fully saturated rings. The number of rotatable bonds is 5. The number of piperazine rings is 1. The number of aryl methyl sites for hydroxylation is 1. The van der Waals surface area contributed by atoms with Gasteiger partial charge in [0.15, 0.2) is 0 Å². The fraction of sp³-hybridized carbons (Fsp3) is 0.273. The van der Waals surface area contributed by atoms with Crippen molar-refractivity contribution in [1.82, 2.24) is 9.80 Å². The predicted octanol–water partition coefficient (Wildman–Crippen LogP) is 4.95. The zero-order chi connectivity index (χ0) is 21.1. The Balaban J connectivity index is 1.31. The lowest BCUT2D eigenvalue weighted by Crippen LogP contribution is -2.50. The highest BCUT2D eigenvalue weighted by molar-refractivity contribution is 7.12. The number of hydrogen-bond donors (Lipinski definition) is 0. The molecule has 30 heavy (non-hydrogen) atoms. The van der Waals surface area contributed by atoms with Crippen molar-refractivity contribution in [2.75, 3.05) is 26.2 Å². The summed E-state index contributed by atoms with van der Waals surface area (Å²) >= 11 is 8.92. The maximum atomic E-state index is 12.9. The van der Waals surface area contributed by atoms with Crippen molar-refractivity contribution >= 4 is 46.1 Å². The summed E-state index contributed by atoms with van der Waals surface area (Å²) < 4.78 is 5.82. The number of benzene rings is 1. The molecule has 5 nitrogen and oxygen atoms in total. The molecule has 0 bridgehead atoms. The molecule has 3 heterocycles. The summed E-state index contributed by atoms with van der Waals surface area (Å²) in [5.74, 6) is 0.810. The molecule has 1 aliphatic heterocycles. The molecule has 0 atom stereocenters. The smallest absolute Gasteiger partial charge is 0.264 e. The Morgan fingerprint density at radius 1 is 1.00 bits per heavy atom. The van der Waals surface area contributed by atoms with E-state index >= 15 is 0 Å². The average molecular weight is 461 g/mol. The number of carbonyl (C=O) groups excluding carboxylic acids is 2. The fourth-order valence-corrected chi connectivity index (χ4v) is 4.93. The number of thiophene rings is 2. The predicted molar refractivity (Wildman–Crippen MR) is 121 cm³/mol. The maximum absolute atomic E-state index is 12.9. The van der Waals surface area contributed by atoms with E-state index in [0.717, 1.165) is 21.8 Å². The molecule has 0 unspecified atom stereocenters. The minimum atomic E-state index is 0.0109. The number of ether oxygens (including phenoxy) is 1. The van der Waals surface area contributed by atoms with E-state index in [2.05, 4.69) is 0 Å². The van der Waals surface area contributed by atoms with Gasteiger partial charge < -0.3 is 14.5 Å². The van der Waals surface area contributed by atoms with Crippen LogP contribution < -0.4 is 4.74 Å². The quantitative estimate of drug-likeness (QED) is 0.541. The van der Waals surface area contributed by atoms with E-state index in [1.54, 1.807) is 0 Å². The lowest BCUT2D eigenvalue weighted by Gasteiger charge is -2.34. The number of nitrogens with zero attached hydrogens (tertiary/aromatic N) is 2. The molecule has 156 valence electrons. The van der Waals surface area contributed by atoms with Gasteiger partial charge in [-0.15, -0.1) is 22.7 Å². The molecular weight excluding hydrogens is 440 g/mol. The second-order valence-corrected chi connectivity index (χ2v) is 9.35. The highest BCUT2D eigenvalue weighted by atomic mass is 35.5. The van der Waals surface area contributed by atoms with Crippen molar-refractivity contribution in [3.05, 3.63) is 73.1 Å². The molecule has 2 aromatic heterocycles. The Hall–Kier alpha value is -2.35. The molecule has 0 saturated carbocycles. The summed E-state index contributed by atoms with van der Waals surface area (Å²) in [6, 6.07) is 11.2. The molecule has 1 aliphatic rings. The summed E-state index contributed by atoms with van der Waals surface area (Å²) in [5, 5.41) is 4.56. The van der Waals surface area contributed by atoms with E-state index in [1.807, 2.05) is 63.9 Å². The van der Waals surface area contributed by atoms with Gasteiger partial charge in [-0.3, -0.25) is 9.59 Å². The minimum Gasteiger partial charge on any atom is -0.489 e. The molecule has 0 N–H and O–H groups in total. The van der Waals surface area contributed by atoms with Crippen LogP contribution in [0, 0.1) is 6.92 Å². The first-order valence-electron chi connectivity index (χ1n) is 9.59. The molecule has 0 spiro atoms. The first-order chi connectivity index (χ1) is 14.5. The molecule has 8 heteroatoms. The summed E-state index contributed by atoms with van der Waals surface area (Å²) in [5.41, 5.74) is 1.93. The van der Waals surface area contributed by atoms with Crippen LogP contribution in [0.4, 0.5) is 0 Å². The first kappa shape index (κ1) is 20.9. The Morgan fingerprint density at radius 2 is 1.70 bits per heavy atom. The van der Waals surface area contributed by atoms with E-state index in [0.29, 0.717) is 42.7 Å². The largest absolute Gasteiger partial charge is 0.489 e. The Kier molecular flexibility index (Phi) is 6.41. The first-order valence-corrected chi connectivity index (χ1v) is 11.7. The molecule has 1 aromatic carbocycles. The van der Waals surface area contributed by atoms with E-state index in [4.69, 9.17) is 16.3 Å². The number of carbonyl (C=O) groups is 2. The van der Waals surface area contributed by atoms with Gasteiger partial charge in [0.25, 0.3) is 11.8 Å². The lowest BCUT2D eigenvalue weighted by molar-refractivity contribution is 0.0540. The highest BCUT2D eigenvalue weighted by Gasteiger charge is 2.26. The molecule has 3 aromatic rings. The Bertz CT molecular complexity index is 1040. The second kappa shape index (κ2) is 9.20. The zero-order valence-corrected chi connectivity index (χ0v) is 18.9. The van der Waals surface area contributed by atoms with Gasteiger partial charge in [-0.2, -0.15) is 0 Å². The third kappa shape index (κ3) is 4.69. The third-order valence-corrected chi connectivity index (χ3v) is 7.23. The van der Waals surface area contributed by atoms with Gasteiger partial charge in [0.05, 0.1) is 9.75 Å². The molecule has 4 rings (SSSR count). The molecule has 0 aliphatic carbocycles. The van der Waals surface area contributed by atoms with Crippen LogP contribution in [0.25, 0.3) is 0 Å². The standard InChI is InChI=1S/C22H21ClN2O3S2/c1-15-11-17(4-5-18(15)23)28-13-16-12-20(30-14-16)22(27)25-8-6-24(7-9-25)21(26)19-3-2-10-29-19/h2-5,10-12,14H,6-9,13H2,1H3. The fourth-order valence-electron chi connectivity index (χ4n) is 3.26. The van der Waals surface area contributed by atoms with E-state index < -0.39 is 0 Å². The summed E-state index contributed by atoms with van der Waals surface area (Å²) in [6.07, 6.45) is 0. The summed E-state index contributed by atoms with van der Waals surface area (Å²) in [6.45, 7) is 4.53. The lowest BCUT2D eigenvalue weighted by atomic mass is 10.2. The van der Waals surface area contributed by atoms with Crippen LogP contribution in [0.1, 0.15) is 30.5 Å². The topological polar surface area (TPSA) is 49.9 Å². The van der Waals surface area contributed by atoms with Crippen LogP contribution >= 0.6 is 34.3 Å². The van der Waals surface area contributed by atoms with Crippen LogP contribution in [0.2, 0.25) is 5.02 Å². The highest BCUT2D eigenvalue weighted by Crippen LogP contribution is 2.24. The normalized spacial score (nSPS) is 14.1. The zero-order valence-electron chi connectivity index (χ0n) is 16.5. The van der Waals surface area contributed by atoms with Gasteiger partial charge in [0, 0.05) is 36.8 Å². The number of halogens is 1. The third-order valence-electron chi connectivity index (χ3n) is 4.99. The van der Waals surface area contributed by atoms with Crippen molar-refractivity contribution < 1.29 is 14.3 Å². The molecule has 1 saturated heterocycles. The van der Waals surface area contributed by atoms with Gasteiger partial charge >= 0.3 is 0 Å². The monoisotopic (exact) mass is 460 g/mol. The van der Waals surface area contributed by atoms with Crippen molar-refractivity contribution in [3.63, 3.8) is 0 Å².